The Balaban J connectivity index is 1.66. The van der Waals surface area contributed by atoms with Crippen LogP contribution in [0, 0.1) is 28.6 Å². The lowest BCUT2D eigenvalue weighted by Crippen LogP contribution is -2.61. The summed E-state index contributed by atoms with van der Waals surface area (Å²) in [6.45, 7) is 4.91. The molecule has 3 fully saturated rings. The number of allylic oxidation sites excluding steroid dienone is 2. The van der Waals surface area contributed by atoms with Crippen LogP contribution in [-0.2, 0) is 19.1 Å². The summed E-state index contributed by atoms with van der Waals surface area (Å²) in [6, 6.07) is 0. The zero-order valence-corrected chi connectivity index (χ0v) is 17.6. The third kappa shape index (κ3) is 2.86. The lowest BCUT2D eigenvalue weighted by molar-refractivity contribution is -0.182. The Labute approximate surface area is 171 Å². The van der Waals surface area contributed by atoms with Gasteiger partial charge in [0.25, 0.3) is 0 Å². The number of fused-ring (bicyclic) bond motifs is 5. The number of hydrogen-bond acceptors (Lipinski definition) is 6. The van der Waals surface area contributed by atoms with Crippen molar-refractivity contribution in [1.29, 1.82) is 0 Å². The fraction of sp³-hybridized carbons (Fsp3) is 0.783. The molecule has 29 heavy (non-hydrogen) atoms. The van der Waals surface area contributed by atoms with E-state index in [1.54, 1.807) is 0 Å². The van der Waals surface area contributed by atoms with Gasteiger partial charge in [-0.05, 0) is 55.3 Å². The molecule has 4 aliphatic carbocycles. The Bertz CT molecular complexity index is 786. The monoisotopic (exact) mass is 404 g/mol. The van der Waals surface area contributed by atoms with Crippen molar-refractivity contribution < 1.29 is 29.3 Å². The summed E-state index contributed by atoms with van der Waals surface area (Å²) in [4.78, 5) is 36.0. The van der Waals surface area contributed by atoms with Gasteiger partial charge in [-0.2, -0.15) is 0 Å². The molecule has 0 aliphatic heterocycles. The largest absolute Gasteiger partial charge is 0.458 e. The predicted molar refractivity (Wildman–Crippen MR) is 105 cm³/mol. The van der Waals surface area contributed by atoms with E-state index in [1.165, 1.54) is 6.92 Å². The van der Waals surface area contributed by atoms with Gasteiger partial charge in [-0.3, -0.25) is 14.4 Å². The van der Waals surface area contributed by atoms with E-state index in [9.17, 15) is 24.6 Å². The maximum atomic E-state index is 12.9. The van der Waals surface area contributed by atoms with Crippen LogP contribution in [0.2, 0.25) is 0 Å². The van der Waals surface area contributed by atoms with Gasteiger partial charge >= 0.3 is 5.97 Å². The molecule has 0 aromatic carbocycles. The van der Waals surface area contributed by atoms with Gasteiger partial charge in [-0.25, -0.2) is 0 Å². The maximum absolute atomic E-state index is 12.9. The molecule has 7 atom stereocenters. The van der Waals surface area contributed by atoms with Crippen molar-refractivity contribution in [3.63, 3.8) is 0 Å². The van der Waals surface area contributed by atoms with Crippen molar-refractivity contribution >= 4 is 17.5 Å². The molecule has 0 aromatic heterocycles. The highest BCUT2D eigenvalue weighted by atomic mass is 16.5. The van der Waals surface area contributed by atoms with Gasteiger partial charge in [0.05, 0.1) is 6.10 Å². The average Bonchev–Trinajstić information content (AvgIpc) is 2.91. The van der Waals surface area contributed by atoms with E-state index in [2.05, 4.69) is 13.0 Å². The Morgan fingerprint density at radius 1 is 1.28 bits per heavy atom. The molecule has 4 rings (SSSR count). The van der Waals surface area contributed by atoms with Crippen LogP contribution in [0.15, 0.2) is 11.6 Å². The van der Waals surface area contributed by atoms with Crippen molar-refractivity contribution in [3.8, 4) is 0 Å². The second kappa shape index (κ2) is 6.74. The van der Waals surface area contributed by atoms with Crippen molar-refractivity contribution in [2.45, 2.75) is 77.4 Å². The van der Waals surface area contributed by atoms with E-state index in [-0.39, 0.29) is 29.0 Å². The molecule has 0 bridgehead atoms. The molecule has 4 aliphatic rings. The van der Waals surface area contributed by atoms with E-state index in [4.69, 9.17) is 4.74 Å². The maximum Gasteiger partial charge on any atom is 0.303 e. The minimum atomic E-state index is -1.59. The summed E-state index contributed by atoms with van der Waals surface area (Å²) >= 11 is 0. The van der Waals surface area contributed by atoms with Gasteiger partial charge in [0, 0.05) is 25.2 Å². The number of carbonyl (C=O) groups excluding carboxylic acids is 3. The first-order valence-electron chi connectivity index (χ1n) is 10.8. The number of ether oxygens (including phenoxy) is 1. The first-order valence-corrected chi connectivity index (χ1v) is 10.8. The summed E-state index contributed by atoms with van der Waals surface area (Å²) in [5.74, 6) is -0.427. The van der Waals surface area contributed by atoms with Crippen LogP contribution in [0.1, 0.15) is 65.7 Å². The van der Waals surface area contributed by atoms with Crippen LogP contribution in [0.25, 0.3) is 0 Å². The highest BCUT2D eigenvalue weighted by Gasteiger charge is 2.68. The van der Waals surface area contributed by atoms with Crippen LogP contribution < -0.4 is 0 Å². The van der Waals surface area contributed by atoms with Crippen LogP contribution in [0.5, 0.6) is 0 Å². The Hall–Kier alpha value is -1.53. The molecule has 0 spiro atoms. The Kier molecular flexibility index (Phi) is 4.82. The van der Waals surface area contributed by atoms with Gasteiger partial charge in [0.2, 0.25) is 5.78 Å². The van der Waals surface area contributed by atoms with Gasteiger partial charge in [-0.15, -0.1) is 0 Å². The normalized spacial score (nSPS) is 46.2. The average molecular weight is 405 g/mol. The molecule has 2 N–H and O–H groups in total. The lowest BCUT2D eigenvalue weighted by atomic mass is 9.46. The van der Waals surface area contributed by atoms with E-state index >= 15 is 0 Å². The van der Waals surface area contributed by atoms with E-state index in [0.29, 0.717) is 32.1 Å². The Morgan fingerprint density at radius 2 is 2.00 bits per heavy atom. The number of aliphatic hydroxyl groups is 2. The highest BCUT2D eigenvalue weighted by molar-refractivity contribution is 5.91. The first-order chi connectivity index (χ1) is 13.5. The minimum absolute atomic E-state index is 0.0413. The van der Waals surface area contributed by atoms with Crippen LogP contribution in [-0.4, -0.2) is 46.1 Å². The van der Waals surface area contributed by atoms with Crippen molar-refractivity contribution in [2.24, 2.45) is 28.6 Å². The molecule has 0 aromatic rings. The fourth-order valence-electron chi connectivity index (χ4n) is 7.36. The number of carbonyl (C=O) groups is 3. The number of rotatable bonds is 3. The smallest absolute Gasteiger partial charge is 0.303 e. The van der Waals surface area contributed by atoms with E-state index < -0.39 is 35.5 Å². The molecular formula is C23H32O6. The van der Waals surface area contributed by atoms with Gasteiger partial charge in [-0.1, -0.05) is 25.5 Å². The quantitative estimate of drug-likeness (QED) is 0.553. The summed E-state index contributed by atoms with van der Waals surface area (Å²) in [5, 5.41) is 22.8. The molecule has 160 valence electrons. The zero-order valence-electron chi connectivity index (χ0n) is 17.6. The van der Waals surface area contributed by atoms with Crippen molar-refractivity contribution in [1.82, 2.24) is 0 Å². The van der Waals surface area contributed by atoms with E-state index in [1.807, 2.05) is 6.92 Å². The number of aliphatic hydroxyl groups excluding tert-OH is 1. The van der Waals surface area contributed by atoms with Gasteiger partial charge in [0.15, 0.2) is 6.61 Å². The molecule has 0 amide bonds. The van der Waals surface area contributed by atoms with Crippen LogP contribution >= 0.6 is 0 Å². The number of esters is 1. The third-order valence-corrected chi connectivity index (χ3v) is 8.89. The van der Waals surface area contributed by atoms with Crippen LogP contribution in [0.4, 0.5) is 0 Å². The molecule has 3 saturated carbocycles. The second-order valence-electron chi connectivity index (χ2n) is 10.2. The molecule has 6 nitrogen and oxygen atoms in total. The summed E-state index contributed by atoms with van der Waals surface area (Å²) in [6.07, 6.45) is 5.50. The number of Topliss-reactive ketones (excluding diaryl/α,β-unsaturated/α-hetero) is 2. The van der Waals surface area contributed by atoms with E-state index in [0.717, 1.165) is 18.4 Å². The summed E-state index contributed by atoms with van der Waals surface area (Å²) in [7, 11) is 0. The van der Waals surface area contributed by atoms with Gasteiger partial charge < -0.3 is 14.9 Å². The molecule has 6 heteroatoms. The lowest BCUT2D eigenvalue weighted by Gasteiger charge is -2.59. The fourth-order valence-corrected chi connectivity index (χ4v) is 7.36. The molecule has 0 heterocycles. The second-order valence-corrected chi connectivity index (χ2v) is 10.2. The number of hydrogen-bond donors (Lipinski definition) is 2. The Morgan fingerprint density at radius 3 is 2.69 bits per heavy atom. The molecule has 0 radical (unpaired) electrons. The van der Waals surface area contributed by atoms with Crippen molar-refractivity contribution in [2.75, 3.05) is 6.61 Å². The topological polar surface area (TPSA) is 101 Å². The minimum Gasteiger partial charge on any atom is -0.458 e. The third-order valence-electron chi connectivity index (χ3n) is 8.89. The number of ketones is 2. The van der Waals surface area contributed by atoms with Crippen LogP contribution in [0.3, 0.4) is 0 Å². The predicted octanol–water partition coefficient (Wildman–Crippen LogP) is 2.35. The molecule has 6 unspecified atom stereocenters. The SMILES string of the molecule is CC(=O)OCC(=O)[C@@]1(O)CCC2C3CC=C4CC(=O)CCC4(C)C3C(O)CC21C. The first kappa shape index (κ1) is 20.7. The summed E-state index contributed by atoms with van der Waals surface area (Å²) < 4.78 is 4.88. The standard InChI is InChI=1S/C23H32O6/c1-13(24)29-12-19(27)23(28)9-7-17-16-5-4-14-10-15(25)6-8-21(14,2)20(16)18(26)11-22(17,23)3/h4,16-18,20,26,28H,5-12H2,1-3H3/t16?,17?,18?,20?,21?,22?,23-/m0/s1. The highest BCUT2D eigenvalue weighted by Crippen LogP contribution is 2.67. The zero-order chi connectivity index (χ0) is 21.2. The van der Waals surface area contributed by atoms with Gasteiger partial charge in [0.1, 0.15) is 11.4 Å². The molecule has 0 saturated heterocycles. The van der Waals surface area contributed by atoms with Crippen molar-refractivity contribution in [3.05, 3.63) is 11.6 Å². The molecular weight excluding hydrogens is 372 g/mol. The summed E-state index contributed by atoms with van der Waals surface area (Å²) in [5.41, 5.74) is -1.37.